The summed E-state index contributed by atoms with van der Waals surface area (Å²) in [7, 11) is 1.66. The zero-order chi connectivity index (χ0) is 8.43. The highest BCUT2D eigenvalue weighted by molar-refractivity contribution is 5.77. The highest BCUT2D eigenvalue weighted by Gasteiger charge is 2.38. The Morgan fingerprint density at radius 1 is 1.73 bits per heavy atom. The van der Waals surface area contributed by atoms with Gasteiger partial charge in [0.05, 0.1) is 12.0 Å². The third kappa shape index (κ3) is 1.71. The zero-order valence-electron chi connectivity index (χ0n) is 7.16. The fourth-order valence-electron chi connectivity index (χ4n) is 1.11. The van der Waals surface area contributed by atoms with Crippen LogP contribution in [0.2, 0.25) is 0 Å². The Bertz CT molecular complexity index is 155. The molecule has 1 aliphatic heterocycles. The lowest BCUT2D eigenvalue weighted by atomic mass is 9.94. The Balaban J connectivity index is 2.24. The van der Waals surface area contributed by atoms with Gasteiger partial charge in [-0.05, 0) is 13.8 Å². The molecule has 0 amide bonds. The predicted octanol–water partition coefficient (Wildman–Crippen LogP) is 0.973. The predicted molar refractivity (Wildman–Crippen MR) is 40.1 cm³/mol. The molecule has 0 aromatic rings. The molecule has 0 N–H and O–H groups in total. The molecule has 64 valence electrons. The van der Waals surface area contributed by atoms with Crippen LogP contribution in [0.4, 0.5) is 0 Å². The molecule has 1 fully saturated rings. The van der Waals surface area contributed by atoms with Crippen LogP contribution in [0.3, 0.4) is 0 Å². The van der Waals surface area contributed by atoms with E-state index in [1.54, 1.807) is 7.11 Å². The second kappa shape index (κ2) is 3.22. The topological polar surface area (TPSA) is 35.5 Å². The van der Waals surface area contributed by atoms with Crippen molar-refractivity contribution in [1.29, 1.82) is 0 Å². The Morgan fingerprint density at radius 3 is 2.73 bits per heavy atom. The lowest BCUT2D eigenvalue weighted by Gasteiger charge is -2.33. The van der Waals surface area contributed by atoms with Crippen LogP contribution in [0.25, 0.3) is 0 Å². The number of esters is 1. The van der Waals surface area contributed by atoms with E-state index in [0.717, 1.165) is 6.42 Å². The molecule has 0 aromatic heterocycles. The number of ether oxygens (including phenoxy) is 2. The molecule has 3 unspecified atom stereocenters. The van der Waals surface area contributed by atoms with E-state index in [9.17, 15) is 4.79 Å². The molecule has 11 heavy (non-hydrogen) atoms. The van der Waals surface area contributed by atoms with Gasteiger partial charge in [-0.15, -0.1) is 0 Å². The highest BCUT2D eigenvalue weighted by atomic mass is 16.6. The molecule has 1 saturated heterocycles. The molecule has 0 aromatic carbocycles. The minimum absolute atomic E-state index is 0.0626. The number of carbonyl (C=O) groups is 1. The molecule has 3 nitrogen and oxygen atoms in total. The summed E-state index contributed by atoms with van der Waals surface area (Å²) in [6, 6.07) is 0. The lowest BCUT2D eigenvalue weighted by Crippen LogP contribution is -2.44. The van der Waals surface area contributed by atoms with Gasteiger partial charge in [-0.2, -0.15) is 0 Å². The second-order valence-electron chi connectivity index (χ2n) is 3.05. The van der Waals surface area contributed by atoms with Crippen molar-refractivity contribution in [2.24, 2.45) is 5.92 Å². The van der Waals surface area contributed by atoms with Crippen molar-refractivity contribution in [2.45, 2.75) is 32.5 Å². The molecule has 0 spiro atoms. The van der Waals surface area contributed by atoms with E-state index >= 15 is 0 Å². The largest absolute Gasteiger partial charge is 0.461 e. The molecule has 0 radical (unpaired) electrons. The summed E-state index contributed by atoms with van der Waals surface area (Å²) >= 11 is 0. The number of hydrogen-bond donors (Lipinski definition) is 0. The maximum atomic E-state index is 10.6. The van der Waals surface area contributed by atoms with Gasteiger partial charge in [-0.25, -0.2) is 0 Å². The van der Waals surface area contributed by atoms with Crippen LogP contribution in [-0.2, 0) is 14.3 Å². The van der Waals surface area contributed by atoms with Crippen LogP contribution in [0.15, 0.2) is 0 Å². The van der Waals surface area contributed by atoms with Crippen molar-refractivity contribution in [1.82, 2.24) is 0 Å². The van der Waals surface area contributed by atoms with E-state index in [4.69, 9.17) is 9.47 Å². The number of carbonyl (C=O) groups excluding carboxylic acids is 1. The van der Waals surface area contributed by atoms with Crippen LogP contribution in [0.1, 0.15) is 20.3 Å². The first kappa shape index (κ1) is 8.53. The van der Waals surface area contributed by atoms with E-state index in [1.165, 1.54) is 0 Å². The first-order chi connectivity index (χ1) is 5.15. The first-order valence-electron chi connectivity index (χ1n) is 3.88. The number of cyclic esters (lactones) is 1. The molecule has 1 rings (SSSR count). The van der Waals surface area contributed by atoms with Gasteiger partial charge in [-0.1, -0.05) is 0 Å². The van der Waals surface area contributed by atoms with Gasteiger partial charge < -0.3 is 9.47 Å². The van der Waals surface area contributed by atoms with Crippen LogP contribution >= 0.6 is 0 Å². The fraction of sp³-hybridized carbons (Fsp3) is 0.875. The van der Waals surface area contributed by atoms with E-state index < -0.39 is 0 Å². The highest BCUT2D eigenvalue weighted by Crippen LogP contribution is 2.25. The van der Waals surface area contributed by atoms with Crippen molar-refractivity contribution in [3.63, 3.8) is 0 Å². The van der Waals surface area contributed by atoms with Crippen LogP contribution in [-0.4, -0.2) is 25.3 Å². The average molecular weight is 158 g/mol. The molecule has 0 saturated carbocycles. The Labute approximate surface area is 66.7 Å². The summed E-state index contributed by atoms with van der Waals surface area (Å²) in [6.07, 6.45) is 1.07. The standard InChI is InChI=1S/C8H14O3/c1-5(10-3)4-7-6(2)8(9)11-7/h5-7H,4H2,1-3H3. The molecule has 3 atom stereocenters. The lowest BCUT2D eigenvalue weighted by molar-refractivity contribution is -0.185. The third-order valence-electron chi connectivity index (χ3n) is 2.16. The Hall–Kier alpha value is -0.570. The summed E-state index contributed by atoms with van der Waals surface area (Å²) in [5.74, 6) is -0.0223. The van der Waals surface area contributed by atoms with E-state index in [2.05, 4.69) is 0 Å². The minimum Gasteiger partial charge on any atom is -0.461 e. The van der Waals surface area contributed by atoms with Gasteiger partial charge >= 0.3 is 5.97 Å². The molecule has 0 bridgehead atoms. The van der Waals surface area contributed by atoms with Crippen molar-refractivity contribution < 1.29 is 14.3 Å². The first-order valence-corrected chi connectivity index (χ1v) is 3.88. The van der Waals surface area contributed by atoms with E-state index in [0.29, 0.717) is 0 Å². The Morgan fingerprint density at radius 2 is 2.36 bits per heavy atom. The summed E-state index contributed by atoms with van der Waals surface area (Å²) in [6.45, 7) is 3.86. The van der Waals surface area contributed by atoms with Crippen molar-refractivity contribution in [3.05, 3.63) is 0 Å². The molecular formula is C8H14O3. The average Bonchev–Trinajstić information content (AvgIpc) is 2.03. The normalized spacial score (nSPS) is 32.5. The number of methoxy groups -OCH3 is 1. The summed E-state index contributed by atoms with van der Waals surface area (Å²) in [5.41, 5.74) is 0. The van der Waals surface area contributed by atoms with Gasteiger partial charge in [0.1, 0.15) is 6.10 Å². The number of hydrogen-bond acceptors (Lipinski definition) is 3. The summed E-state index contributed by atoms with van der Waals surface area (Å²) in [4.78, 5) is 10.6. The smallest absolute Gasteiger partial charge is 0.312 e. The van der Waals surface area contributed by atoms with Gasteiger partial charge in [0.2, 0.25) is 0 Å². The zero-order valence-corrected chi connectivity index (χ0v) is 7.16. The molecule has 3 heteroatoms. The van der Waals surface area contributed by atoms with Crippen LogP contribution in [0, 0.1) is 5.92 Å². The molecule has 1 heterocycles. The van der Waals surface area contributed by atoms with Crippen molar-refractivity contribution >= 4 is 5.97 Å². The van der Waals surface area contributed by atoms with Crippen molar-refractivity contribution in [2.75, 3.05) is 7.11 Å². The third-order valence-corrected chi connectivity index (χ3v) is 2.16. The molecule has 0 aliphatic carbocycles. The minimum atomic E-state index is -0.0849. The van der Waals surface area contributed by atoms with Crippen LogP contribution < -0.4 is 0 Å². The molecule has 1 aliphatic rings. The Kier molecular flexibility index (Phi) is 2.49. The van der Waals surface area contributed by atoms with E-state index in [-0.39, 0.29) is 24.1 Å². The van der Waals surface area contributed by atoms with Gasteiger partial charge in [0, 0.05) is 13.5 Å². The number of rotatable bonds is 3. The fourth-order valence-corrected chi connectivity index (χ4v) is 1.11. The van der Waals surface area contributed by atoms with Gasteiger partial charge in [0.15, 0.2) is 0 Å². The van der Waals surface area contributed by atoms with Gasteiger partial charge in [0.25, 0.3) is 0 Å². The SMILES string of the molecule is COC(C)CC1OC(=O)C1C. The second-order valence-corrected chi connectivity index (χ2v) is 3.05. The van der Waals surface area contributed by atoms with Gasteiger partial charge in [-0.3, -0.25) is 4.79 Å². The van der Waals surface area contributed by atoms with Crippen molar-refractivity contribution in [3.8, 4) is 0 Å². The van der Waals surface area contributed by atoms with Crippen LogP contribution in [0.5, 0.6) is 0 Å². The monoisotopic (exact) mass is 158 g/mol. The summed E-state index contributed by atoms with van der Waals surface area (Å²) in [5, 5.41) is 0. The molecular weight excluding hydrogens is 144 g/mol. The summed E-state index contributed by atoms with van der Waals surface area (Å²) < 4.78 is 9.95. The van der Waals surface area contributed by atoms with E-state index in [1.807, 2.05) is 13.8 Å². The maximum Gasteiger partial charge on any atom is 0.312 e. The quantitative estimate of drug-likeness (QED) is 0.574. The maximum absolute atomic E-state index is 10.6.